The molecule has 1 heterocycles. The highest BCUT2D eigenvalue weighted by Crippen LogP contribution is 2.22. The van der Waals surface area contributed by atoms with Crippen LogP contribution in [0.4, 0.5) is 4.79 Å². The molecule has 1 aromatic carbocycles. The van der Waals surface area contributed by atoms with Crippen LogP contribution in [0.25, 0.3) is 11.0 Å². The first-order valence-electron chi connectivity index (χ1n) is 9.55. The summed E-state index contributed by atoms with van der Waals surface area (Å²) in [5.41, 5.74) is 0.348. The number of nitrogens with zero attached hydrogens (tertiary/aromatic N) is 3. The Morgan fingerprint density at radius 3 is 2.30 bits per heavy atom. The number of hydrogen-bond donors (Lipinski definition) is 1. The highest BCUT2D eigenvalue weighted by molar-refractivity contribution is 7.90. The lowest BCUT2D eigenvalue weighted by molar-refractivity contribution is -0.133. The van der Waals surface area contributed by atoms with Gasteiger partial charge in [-0.25, -0.2) is 22.6 Å². The van der Waals surface area contributed by atoms with Crippen molar-refractivity contribution in [1.82, 2.24) is 19.4 Å². The largest absolute Gasteiger partial charge is 0.347 e. The molecule has 0 aliphatic carbocycles. The maximum atomic E-state index is 13.1. The van der Waals surface area contributed by atoms with Crippen LogP contribution >= 0.6 is 0 Å². The Labute approximate surface area is 176 Å². The molecule has 0 aliphatic heterocycles. The Balaban J connectivity index is 2.60. The van der Waals surface area contributed by atoms with E-state index < -0.39 is 33.0 Å². The molecule has 0 bridgehead atoms. The molecular formula is C20H30N4O5S. The number of carbonyl (C=O) groups excluding carboxylic acids is 2. The molecule has 0 spiro atoms. The van der Waals surface area contributed by atoms with Crippen LogP contribution in [-0.2, 0) is 21.2 Å². The molecule has 1 aromatic heterocycles. The van der Waals surface area contributed by atoms with Gasteiger partial charge in [-0.1, -0.05) is 32.9 Å². The number of para-hydroxylation sites is 1. The summed E-state index contributed by atoms with van der Waals surface area (Å²) in [5, 5.41) is 2.69. The van der Waals surface area contributed by atoms with E-state index in [9.17, 15) is 22.8 Å². The topological polar surface area (TPSA) is 110 Å². The summed E-state index contributed by atoms with van der Waals surface area (Å²) in [7, 11) is -0.116. The molecule has 0 unspecified atom stereocenters. The summed E-state index contributed by atoms with van der Waals surface area (Å²) in [6.45, 7) is 7.18. The number of hydrogen-bond acceptors (Lipinski definition) is 5. The van der Waals surface area contributed by atoms with Gasteiger partial charge in [0, 0.05) is 26.9 Å². The molecule has 2 aromatic rings. The van der Waals surface area contributed by atoms with Crippen LogP contribution in [0.15, 0.2) is 23.0 Å². The van der Waals surface area contributed by atoms with Crippen LogP contribution in [0.5, 0.6) is 0 Å². The van der Waals surface area contributed by atoms with E-state index in [1.807, 2.05) is 20.8 Å². The number of benzene rings is 1. The number of likely N-dealkylation sites (N-methyl/N-ethyl adjacent to an activating group) is 1. The van der Waals surface area contributed by atoms with E-state index in [4.69, 9.17) is 0 Å². The Morgan fingerprint density at radius 1 is 1.20 bits per heavy atom. The fourth-order valence-electron chi connectivity index (χ4n) is 3.25. The van der Waals surface area contributed by atoms with Gasteiger partial charge in [0.15, 0.2) is 0 Å². The number of imidazole rings is 1. The lowest BCUT2D eigenvalue weighted by Crippen LogP contribution is -2.55. The molecule has 1 atom stereocenters. The van der Waals surface area contributed by atoms with Gasteiger partial charge in [-0.05, 0) is 24.0 Å². The highest BCUT2D eigenvalue weighted by atomic mass is 32.2. The molecule has 2 rings (SSSR count). The third-order valence-electron chi connectivity index (χ3n) is 4.86. The Morgan fingerprint density at radius 2 is 1.80 bits per heavy atom. The number of sulfone groups is 1. The maximum Gasteiger partial charge on any atom is 0.337 e. The predicted molar refractivity (Wildman–Crippen MR) is 117 cm³/mol. The van der Waals surface area contributed by atoms with Crippen LogP contribution in [0, 0.1) is 12.3 Å². The number of aryl methyl sites for hydroxylation is 2. The lowest BCUT2D eigenvalue weighted by atomic mass is 9.86. The first kappa shape index (κ1) is 23.7. The second-order valence-corrected chi connectivity index (χ2v) is 11.1. The molecule has 9 nitrogen and oxygen atoms in total. The third kappa shape index (κ3) is 4.92. The zero-order valence-electron chi connectivity index (χ0n) is 18.5. The van der Waals surface area contributed by atoms with Gasteiger partial charge in [-0.3, -0.25) is 9.36 Å². The van der Waals surface area contributed by atoms with Gasteiger partial charge in [0.1, 0.15) is 15.9 Å². The molecule has 1 N–H and O–H groups in total. The standard InChI is InChI=1S/C20H30N4O5S/c1-13-9-8-10-14-15(13)23(11-12-30(7,28)29)19(27)24(14)18(26)21-16(20(2,3)4)17(25)22(5)6/h8-10,16H,11-12H2,1-7H3,(H,21,26)/t16-/m1/s1. The van der Waals surface area contributed by atoms with E-state index in [1.165, 1.54) is 9.47 Å². The quantitative estimate of drug-likeness (QED) is 0.755. The van der Waals surface area contributed by atoms with Gasteiger partial charge in [-0.15, -0.1) is 0 Å². The van der Waals surface area contributed by atoms with Crippen LogP contribution in [0.2, 0.25) is 0 Å². The summed E-state index contributed by atoms with van der Waals surface area (Å²) < 4.78 is 25.5. The molecule has 2 amide bonds. The van der Waals surface area contributed by atoms with Crippen molar-refractivity contribution < 1.29 is 18.0 Å². The summed E-state index contributed by atoms with van der Waals surface area (Å²) in [6, 6.07) is 3.54. The van der Waals surface area contributed by atoms with E-state index in [-0.39, 0.29) is 18.2 Å². The third-order valence-corrected chi connectivity index (χ3v) is 5.78. The average molecular weight is 439 g/mol. The SMILES string of the molecule is Cc1cccc2c1n(CCS(C)(=O)=O)c(=O)n2C(=O)N[C@H](C(=O)N(C)C)C(C)(C)C. The minimum absolute atomic E-state index is 0.0708. The number of carbonyl (C=O) groups is 2. The highest BCUT2D eigenvalue weighted by Gasteiger charge is 2.35. The van der Waals surface area contributed by atoms with Crippen molar-refractivity contribution in [2.45, 2.75) is 40.3 Å². The smallest absolute Gasteiger partial charge is 0.337 e. The Kier molecular flexibility index (Phi) is 6.51. The van der Waals surface area contributed by atoms with E-state index in [0.29, 0.717) is 11.0 Å². The van der Waals surface area contributed by atoms with Gasteiger partial charge in [-0.2, -0.15) is 0 Å². The second-order valence-electron chi connectivity index (χ2n) is 8.82. The van der Waals surface area contributed by atoms with Crippen LogP contribution in [0.3, 0.4) is 0 Å². The molecule has 0 radical (unpaired) electrons. The minimum atomic E-state index is -3.31. The monoisotopic (exact) mass is 438 g/mol. The molecule has 0 fully saturated rings. The summed E-state index contributed by atoms with van der Waals surface area (Å²) >= 11 is 0. The molecule has 0 aliphatic rings. The summed E-state index contributed by atoms with van der Waals surface area (Å²) in [5.74, 6) is -0.521. The van der Waals surface area contributed by atoms with Crippen molar-refractivity contribution in [3.05, 3.63) is 34.2 Å². The van der Waals surface area contributed by atoms with E-state index in [1.54, 1.807) is 39.2 Å². The van der Waals surface area contributed by atoms with Gasteiger partial charge in [0.2, 0.25) is 5.91 Å². The van der Waals surface area contributed by atoms with E-state index >= 15 is 0 Å². The summed E-state index contributed by atoms with van der Waals surface area (Å²) in [6.07, 6.45) is 1.09. The molecule has 10 heteroatoms. The van der Waals surface area contributed by atoms with Crippen molar-refractivity contribution >= 4 is 32.8 Å². The molecular weight excluding hydrogens is 408 g/mol. The van der Waals surface area contributed by atoms with Crippen molar-refractivity contribution in [2.75, 3.05) is 26.1 Å². The fraction of sp³-hybridized carbons (Fsp3) is 0.550. The van der Waals surface area contributed by atoms with Crippen LogP contribution in [-0.4, -0.2) is 66.5 Å². The zero-order chi connectivity index (χ0) is 23.0. The van der Waals surface area contributed by atoms with Crippen molar-refractivity contribution in [3.8, 4) is 0 Å². The van der Waals surface area contributed by atoms with Crippen molar-refractivity contribution in [3.63, 3.8) is 0 Å². The number of rotatable bonds is 5. The zero-order valence-corrected chi connectivity index (χ0v) is 19.3. The molecule has 0 saturated heterocycles. The van der Waals surface area contributed by atoms with Gasteiger partial charge < -0.3 is 10.2 Å². The first-order valence-corrected chi connectivity index (χ1v) is 11.6. The van der Waals surface area contributed by atoms with Crippen LogP contribution in [0.1, 0.15) is 26.3 Å². The molecule has 166 valence electrons. The van der Waals surface area contributed by atoms with Crippen molar-refractivity contribution in [1.29, 1.82) is 0 Å². The summed E-state index contributed by atoms with van der Waals surface area (Å²) in [4.78, 5) is 40.3. The predicted octanol–water partition coefficient (Wildman–Crippen LogP) is 1.22. The van der Waals surface area contributed by atoms with Crippen LogP contribution < -0.4 is 11.0 Å². The molecule has 0 saturated carbocycles. The first-order chi connectivity index (χ1) is 13.6. The normalized spacial score (nSPS) is 13.3. The minimum Gasteiger partial charge on any atom is -0.347 e. The Bertz CT molecular complexity index is 1140. The fourth-order valence-corrected chi connectivity index (χ4v) is 3.76. The maximum absolute atomic E-state index is 13.1. The van der Waals surface area contributed by atoms with E-state index in [2.05, 4.69) is 5.32 Å². The van der Waals surface area contributed by atoms with E-state index in [0.717, 1.165) is 16.4 Å². The van der Waals surface area contributed by atoms with Gasteiger partial charge in [0.25, 0.3) is 0 Å². The number of fused-ring (bicyclic) bond motifs is 1. The lowest BCUT2D eigenvalue weighted by Gasteiger charge is -2.32. The van der Waals surface area contributed by atoms with Gasteiger partial charge >= 0.3 is 11.7 Å². The van der Waals surface area contributed by atoms with Gasteiger partial charge in [0.05, 0.1) is 16.8 Å². The molecule has 30 heavy (non-hydrogen) atoms. The number of amides is 2. The number of nitrogens with one attached hydrogen (secondary N) is 1. The Hall–Kier alpha value is -2.62. The van der Waals surface area contributed by atoms with Crippen molar-refractivity contribution in [2.24, 2.45) is 5.41 Å². The number of aromatic nitrogens is 2. The average Bonchev–Trinajstić information content (AvgIpc) is 2.88. The second kappa shape index (κ2) is 8.25.